The Labute approximate surface area is 184 Å². The van der Waals surface area contributed by atoms with Crippen LogP contribution in [0, 0.1) is 0 Å². The third-order valence-electron chi connectivity index (χ3n) is 4.30. The van der Waals surface area contributed by atoms with Gasteiger partial charge in [-0.15, -0.1) is 0 Å². The number of likely N-dealkylation sites (N-methyl/N-ethyl adjacent to an activating group) is 2. The molecule has 0 saturated carbocycles. The number of ether oxygens (including phenoxy) is 1. The predicted molar refractivity (Wildman–Crippen MR) is 118 cm³/mol. The topological polar surface area (TPSA) is 32.8 Å². The molecule has 1 fully saturated rings. The SMILES string of the molecule is CCN1C(=O)/C(=C/c2ccc(OCc3ccc(Cl)c(Cl)c3)c(Cl)c2)N(C)C1=S. The Balaban J connectivity index is 1.76. The standard InChI is InChI=1S/C20H17Cl3N2O2S/c1-3-25-19(26)17(24(2)20(25)28)10-12-5-7-18(16(23)8-12)27-11-13-4-6-14(21)15(22)9-13/h4-10H,3,11H2,1-2H3/b17-10-. The monoisotopic (exact) mass is 454 g/mol. The van der Waals surface area contributed by atoms with Crippen molar-refractivity contribution in [3.8, 4) is 5.75 Å². The largest absolute Gasteiger partial charge is 0.487 e. The van der Waals surface area contributed by atoms with Gasteiger partial charge in [-0.05, 0) is 60.6 Å². The van der Waals surface area contributed by atoms with Crippen LogP contribution in [0.25, 0.3) is 6.08 Å². The van der Waals surface area contributed by atoms with Crippen LogP contribution in [0.15, 0.2) is 42.1 Å². The van der Waals surface area contributed by atoms with E-state index in [9.17, 15) is 4.79 Å². The average Bonchev–Trinajstić information content (AvgIpc) is 2.86. The fourth-order valence-electron chi connectivity index (χ4n) is 2.76. The lowest BCUT2D eigenvalue weighted by molar-refractivity contribution is -0.122. The summed E-state index contributed by atoms with van der Waals surface area (Å²) in [6.07, 6.45) is 1.76. The minimum Gasteiger partial charge on any atom is -0.487 e. The molecular weight excluding hydrogens is 439 g/mol. The van der Waals surface area contributed by atoms with Crippen LogP contribution in [-0.4, -0.2) is 34.4 Å². The number of carbonyl (C=O) groups is 1. The van der Waals surface area contributed by atoms with Gasteiger partial charge >= 0.3 is 0 Å². The number of nitrogens with zero attached hydrogens (tertiary/aromatic N) is 2. The third-order valence-corrected chi connectivity index (χ3v) is 5.83. The van der Waals surface area contributed by atoms with Crippen molar-refractivity contribution in [2.24, 2.45) is 0 Å². The molecule has 28 heavy (non-hydrogen) atoms. The highest BCUT2D eigenvalue weighted by molar-refractivity contribution is 7.80. The van der Waals surface area contributed by atoms with Crippen LogP contribution >= 0.6 is 47.0 Å². The van der Waals surface area contributed by atoms with Gasteiger partial charge in [0, 0.05) is 13.6 Å². The van der Waals surface area contributed by atoms with Crippen molar-refractivity contribution >= 4 is 64.1 Å². The average molecular weight is 456 g/mol. The molecule has 2 aromatic rings. The second-order valence-corrected chi connectivity index (χ2v) is 7.73. The molecule has 0 atom stereocenters. The summed E-state index contributed by atoms with van der Waals surface area (Å²) < 4.78 is 5.78. The zero-order chi connectivity index (χ0) is 20.4. The molecule has 1 aliphatic heterocycles. The normalized spacial score (nSPS) is 15.7. The first-order valence-electron chi connectivity index (χ1n) is 8.49. The van der Waals surface area contributed by atoms with Crippen LogP contribution in [-0.2, 0) is 11.4 Å². The number of halogens is 3. The fourth-order valence-corrected chi connectivity index (χ4v) is 3.64. The van der Waals surface area contributed by atoms with Crippen molar-refractivity contribution in [2.75, 3.05) is 13.6 Å². The summed E-state index contributed by atoms with van der Waals surface area (Å²) in [5, 5.41) is 1.90. The van der Waals surface area contributed by atoms with Gasteiger partial charge in [0.2, 0.25) is 0 Å². The van der Waals surface area contributed by atoms with Gasteiger partial charge in [0.1, 0.15) is 18.1 Å². The van der Waals surface area contributed by atoms with Crippen molar-refractivity contribution in [3.05, 3.63) is 68.3 Å². The van der Waals surface area contributed by atoms with Crippen molar-refractivity contribution in [1.82, 2.24) is 9.80 Å². The molecule has 4 nitrogen and oxygen atoms in total. The Morgan fingerprint density at radius 3 is 2.43 bits per heavy atom. The summed E-state index contributed by atoms with van der Waals surface area (Å²) in [6, 6.07) is 10.7. The van der Waals surface area contributed by atoms with E-state index < -0.39 is 0 Å². The molecule has 0 aromatic heterocycles. The molecule has 0 bridgehead atoms. The zero-order valence-electron chi connectivity index (χ0n) is 15.2. The second-order valence-electron chi connectivity index (χ2n) is 6.15. The quantitative estimate of drug-likeness (QED) is 0.431. The maximum absolute atomic E-state index is 12.5. The highest BCUT2D eigenvalue weighted by atomic mass is 35.5. The molecular formula is C20H17Cl3N2O2S. The van der Waals surface area contributed by atoms with Crippen LogP contribution in [0.5, 0.6) is 5.75 Å². The lowest BCUT2D eigenvalue weighted by Crippen LogP contribution is -2.30. The molecule has 3 rings (SSSR count). The minimum absolute atomic E-state index is 0.119. The number of benzene rings is 2. The Morgan fingerprint density at radius 2 is 1.82 bits per heavy atom. The zero-order valence-corrected chi connectivity index (χ0v) is 18.3. The van der Waals surface area contributed by atoms with Gasteiger partial charge in [-0.1, -0.05) is 46.9 Å². The Hall–Kier alpha value is -1.79. The summed E-state index contributed by atoms with van der Waals surface area (Å²) in [7, 11) is 1.78. The molecule has 0 aliphatic carbocycles. The lowest BCUT2D eigenvalue weighted by Gasteiger charge is -2.13. The number of thiocarbonyl (C=S) groups is 1. The number of amides is 1. The molecule has 1 heterocycles. The molecule has 2 aromatic carbocycles. The number of hydrogen-bond acceptors (Lipinski definition) is 3. The van der Waals surface area contributed by atoms with Gasteiger partial charge in [0.15, 0.2) is 5.11 Å². The summed E-state index contributed by atoms with van der Waals surface area (Å²) in [4.78, 5) is 15.7. The fraction of sp³-hybridized carbons (Fsp3) is 0.200. The van der Waals surface area contributed by atoms with E-state index in [0.29, 0.717) is 44.8 Å². The second kappa shape index (κ2) is 8.70. The van der Waals surface area contributed by atoms with Gasteiger partial charge < -0.3 is 9.64 Å². The van der Waals surface area contributed by atoms with Crippen LogP contribution < -0.4 is 4.74 Å². The van der Waals surface area contributed by atoms with Crippen molar-refractivity contribution in [3.63, 3.8) is 0 Å². The van der Waals surface area contributed by atoms with Crippen molar-refractivity contribution < 1.29 is 9.53 Å². The van der Waals surface area contributed by atoms with E-state index in [-0.39, 0.29) is 5.91 Å². The number of rotatable bonds is 5. The van der Waals surface area contributed by atoms with Gasteiger partial charge in [-0.2, -0.15) is 0 Å². The summed E-state index contributed by atoms with van der Waals surface area (Å²) in [5.41, 5.74) is 2.17. The number of carbonyl (C=O) groups excluding carboxylic acids is 1. The van der Waals surface area contributed by atoms with E-state index in [1.165, 1.54) is 0 Å². The maximum atomic E-state index is 12.5. The minimum atomic E-state index is -0.119. The molecule has 0 unspecified atom stereocenters. The number of hydrogen-bond donors (Lipinski definition) is 0. The first-order valence-corrected chi connectivity index (χ1v) is 10.0. The first kappa shape index (κ1) is 20.9. The molecule has 0 N–H and O–H groups in total. The van der Waals surface area contributed by atoms with Crippen molar-refractivity contribution in [2.45, 2.75) is 13.5 Å². The molecule has 0 spiro atoms. The summed E-state index contributed by atoms with van der Waals surface area (Å²) in [5.74, 6) is 0.415. The molecule has 1 aliphatic rings. The summed E-state index contributed by atoms with van der Waals surface area (Å²) >= 11 is 23.6. The van der Waals surface area contributed by atoms with E-state index in [1.54, 1.807) is 47.2 Å². The third kappa shape index (κ3) is 4.28. The lowest BCUT2D eigenvalue weighted by atomic mass is 10.1. The van der Waals surface area contributed by atoms with E-state index in [1.807, 2.05) is 19.1 Å². The molecule has 1 amide bonds. The van der Waals surface area contributed by atoms with Crippen LogP contribution in [0.4, 0.5) is 0 Å². The maximum Gasteiger partial charge on any atom is 0.276 e. The van der Waals surface area contributed by atoms with Crippen LogP contribution in [0.3, 0.4) is 0 Å². The summed E-state index contributed by atoms with van der Waals surface area (Å²) in [6.45, 7) is 2.72. The molecule has 8 heteroatoms. The molecule has 146 valence electrons. The van der Waals surface area contributed by atoms with E-state index >= 15 is 0 Å². The van der Waals surface area contributed by atoms with E-state index in [0.717, 1.165) is 11.1 Å². The van der Waals surface area contributed by atoms with Crippen LogP contribution in [0.2, 0.25) is 15.1 Å². The van der Waals surface area contributed by atoms with E-state index in [2.05, 4.69) is 0 Å². The van der Waals surface area contributed by atoms with Crippen LogP contribution in [0.1, 0.15) is 18.1 Å². The van der Waals surface area contributed by atoms with E-state index in [4.69, 9.17) is 51.8 Å². The molecule has 0 radical (unpaired) electrons. The smallest absolute Gasteiger partial charge is 0.276 e. The highest BCUT2D eigenvalue weighted by Crippen LogP contribution is 2.29. The van der Waals surface area contributed by atoms with Gasteiger partial charge in [-0.25, -0.2) is 0 Å². The molecule has 1 saturated heterocycles. The highest BCUT2D eigenvalue weighted by Gasteiger charge is 2.34. The predicted octanol–water partition coefficient (Wildman–Crippen LogP) is 5.65. The van der Waals surface area contributed by atoms with Gasteiger partial charge in [0.05, 0.1) is 15.1 Å². The van der Waals surface area contributed by atoms with Gasteiger partial charge in [-0.3, -0.25) is 9.69 Å². The van der Waals surface area contributed by atoms with Gasteiger partial charge in [0.25, 0.3) is 5.91 Å². The Bertz CT molecular complexity index is 978. The van der Waals surface area contributed by atoms with Crippen molar-refractivity contribution in [1.29, 1.82) is 0 Å². The Morgan fingerprint density at radius 1 is 1.07 bits per heavy atom. The first-order chi connectivity index (χ1) is 13.3. The Kier molecular flexibility index (Phi) is 6.50.